The quantitative estimate of drug-likeness (QED) is 0.611. The molecule has 0 aromatic heterocycles. The van der Waals surface area contributed by atoms with Crippen molar-refractivity contribution in [1.29, 1.82) is 0 Å². The number of rotatable bonds is 6. The number of hydrogen-bond donors (Lipinski definition) is 1. The molecular weight excluding hydrogens is 428 g/mol. The van der Waals surface area contributed by atoms with Gasteiger partial charge in [0.15, 0.2) is 11.5 Å². The van der Waals surface area contributed by atoms with Gasteiger partial charge in [-0.1, -0.05) is 24.3 Å². The highest BCUT2D eigenvalue weighted by Gasteiger charge is 2.31. The van der Waals surface area contributed by atoms with E-state index in [0.717, 1.165) is 11.1 Å². The summed E-state index contributed by atoms with van der Waals surface area (Å²) < 4.78 is 38.6. The second-order valence-corrected chi connectivity index (χ2v) is 9.32. The average molecular weight is 453 g/mol. The fraction of sp³-hybridized carbons (Fsp3) is 0.208. The number of hydrogen-bond acceptors (Lipinski definition) is 5. The lowest BCUT2D eigenvalue weighted by Crippen LogP contribution is -2.29. The molecule has 32 heavy (non-hydrogen) atoms. The maximum Gasteiger partial charge on any atom is 0.264 e. The molecular formula is C24H24N2O5S. The normalized spacial score (nSPS) is 12.9. The molecule has 0 saturated carbocycles. The number of fused-ring (bicyclic) bond motifs is 1. The van der Waals surface area contributed by atoms with Crippen molar-refractivity contribution in [1.82, 2.24) is 0 Å². The molecule has 0 radical (unpaired) electrons. The van der Waals surface area contributed by atoms with Gasteiger partial charge in [0.2, 0.25) is 0 Å². The van der Waals surface area contributed by atoms with E-state index < -0.39 is 15.9 Å². The van der Waals surface area contributed by atoms with Crippen molar-refractivity contribution >= 4 is 27.3 Å². The van der Waals surface area contributed by atoms with Crippen molar-refractivity contribution in [2.24, 2.45) is 0 Å². The first-order valence-corrected chi connectivity index (χ1v) is 11.5. The molecule has 1 heterocycles. The first-order valence-electron chi connectivity index (χ1n) is 10.1. The predicted molar refractivity (Wildman–Crippen MR) is 123 cm³/mol. The van der Waals surface area contributed by atoms with E-state index in [4.69, 9.17) is 9.47 Å². The van der Waals surface area contributed by atoms with Crippen molar-refractivity contribution in [3.63, 3.8) is 0 Å². The lowest BCUT2D eigenvalue weighted by molar-refractivity contribution is 0.102. The van der Waals surface area contributed by atoms with Gasteiger partial charge in [-0.3, -0.25) is 9.10 Å². The van der Waals surface area contributed by atoms with Gasteiger partial charge >= 0.3 is 0 Å². The highest BCUT2D eigenvalue weighted by atomic mass is 32.2. The third kappa shape index (κ3) is 3.89. The number of anilines is 2. The zero-order valence-electron chi connectivity index (χ0n) is 18.1. The van der Waals surface area contributed by atoms with Crippen molar-refractivity contribution in [3.8, 4) is 11.5 Å². The van der Waals surface area contributed by atoms with Gasteiger partial charge in [-0.25, -0.2) is 8.42 Å². The number of carbonyl (C=O) groups is 1. The highest BCUT2D eigenvalue weighted by Crippen LogP contribution is 2.34. The fourth-order valence-electron chi connectivity index (χ4n) is 3.79. The molecule has 7 nitrogen and oxygen atoms in total. The second-order valence-electron chi connectivity index (χ2n) is 7.46. The van der Waals surface area contributed by atoms with Crippen LogP contribution >= 0.6 is 0 Å². The molecule has 1 amide bonds. The van der Waals surface area contributed by atoms with Gasteiger partial charge in [-0.2, -0.15) is 0 Å². The number of carbonyl (C=O) groups excluding carboxylic acids is 1. The number of para-hydroxylation sites is 1. The van der Waals surface area contributed by atoms with Crippen LogP contribution in [0.15, 0.2) is 65.6 Å². The Balaban J connectivity index is 1.62. The van der Waals surface area contributed by atoms with Gasteiger partial charge in [0, 0.05) is 23.9 Å². The summed E-state index contributed by atoms with van der Waals surface area (Å²) in [4.78, 5) is 13.0. The van der Waals surface area contributed by atoms with Crippen LogP contribution in [0.25, 0.3) is 0 Å². The summed E-state index contributed by atoms with van der Waals surface area (Å²) >= 11 is 0. The second kappa shape index (κ2) is 8.55. The molecule has 0 unspecified atom stereocenters. The summed E-state index contributed by atoms with van der Waals surface area (Å²) in [5.41, 5.74) is 3.26. The Kier molecular flexibility index (Phi) is 5.80. The number of amides is 1. The van der Waals surface area contributed by atoms with Crippen molar-refractivity contribution in [3.05, 3.63) is 77.4 Å². The van der Waals surface area contributed by atoms with Crippen LogP contribution in [-0.4, -0.2) is 35.1 Å². The molecule has 0 atom stereocenters. The van der Waals surface area contributed by atoms with Crippen LogP contribution < -0.4 is 19.1 Å². The van der Waals surface area contributed by atoms with E-state index in [9.17, 15) is 13.2 Å². The van der Waals surface area contributed by atoms with E-state index in [-0.39, 0.29) is 10.5 Å². The lowest BCUT2D eigenvalue weighted by Gasteiger charge is -2.20. The van der Waals surface area contributed by atoms with Gasteiger partial charge in [0.1, 0.15) is 0 Å². The minimum absolute atomic E-state index is 0.0749. The van der Waals surface area contributed by atoms with E-state index >= 15 is 0 Å². The number of aryl methyl sites for hydroxylation is 1. The standard InChI is InChI=1S/C24H24N2O5S/c1-16-13-22(30-2)23(31-3)15-20(16)25-24(27)18-8-6-9-19(14-18)32(28,29)26-12-11-17-7-4-5-10-21(17)26/h4-10,13-15H,11-12H2,1-3H3,(H,25,27). The third-order valence-corrected chi connectivity index (χ3v) is 7.32. The molecule has 1 N–H and O–H groups in total. The summed E-state index contributed by atoms with van der Waals surface area (Å²) in [5.74, 6) is 0.624. The summed E-state index contributed by atoms with van der Waals surface area (Å²) in [5, 5.41) is 2.83. The van der Waals surface area contributed by atoms with Gasteiger partial charge < -0.3 is 14.8 Å². The van der Waals surface area contributed by atoms with Crippen LogP contribution in [0.1, 0.15) is 21.5 Å². The number of methoxy groups -OCH3 is 2. The number of ether oxygens (including phenoxy) is 2. The molecule has 166 valence electrons. The maximum atomic E-state index is 13.3. The summed E-state index contributed by atoms with van der Waals surface area (Å²) in [7, 11) is -0.733. The highest BCUT2D eigenvalue weighted by molar-refractivity contribution is 7.92. The number of sulfonamides is 1. The van der Waals surface area contributed by atoms with E-state index in [1.54, 1.807) is 37.4 Å². The molecule has 1 aliphatic rings. The minimum Gasteiger partial charge on any atom is -0.493 e. The van der Waals surface area contributed by atoms with Crippen LogP contribution in [0.3, 0.4) is 0 Å². The molecule has 0 saturated heterocycles. The van der Waals surface area contributed by atoms with E-state index in [1.165, 1.54) is 23.5 Å². The third-order valence-electron chi connectivity index (χ3n) is 5.51. The molecule has 0 aliphatic carbocycles. The Labute approximate surface area is 187 Å². The Hall–Kier alpha value is -3.52. The average Bonchev–Trinajstić information content (AvgIpc) is 3.25. The summed E-state index contributed by atoms with van der Waals surface area (Å²) in [6.45, 7) is 2.21. The Bertz CT molecular complexity index is 1290. The largest absolute Gasteiger partial charge is 0.493 e. The monoisotopic (exact) mass is 452 g/mol. The summed E-state index contributed by atoms with van der Waals surface area (Å²) in [6, 6.07) is 17.0. The van der Waals surface area contributed by atoms with Crippen LogP contribution in [0.2, 0.25) is 0 Å². The van der Waals surface area contributed by atoms with Crippen LogP contribution in [-0.2, 0) is 16.4 Å². The molecule has 0 spiro atoms. The van der Waals surface area contributed by atoms with Crippen LogP contribution in [0, 0.1) is 6.92 Å². The van der Waals surface area contributed by atoms with Gasteiger partial charge in [0.05, 0.1) is 24.8 Å². The fourth-order valence-corrected chi connectivity index (χ4v) is 5.34. The molecule has 0 bridgehead atoms. The van der Waals surface area contributed by atoms with Crippen LogP contribution in [0.4, 0.5) is 11.4 Å². The van der Waals surface area contributed by atoms with E-state index in [2.05, 4.69) is 5.32 Å². The Morgan fingerprint density at radius 1 is 0.969 bits per heavy atom. The zero-order valence-corrected chi connectivity index (χ0v) is 18.9. The molecule has 4 rings (SSSR count). The van der Waals surface area contributed by atoms with Gasteiger partial charge in [-0.05, 0) is 54.8 Å². The van der Waals surface area contributed by atoms with Crippen molar-refractivity contribution in [2.45, 2.75) is 18.2 Å². The molecule has 3 aromatic rings. The number of nitrogens with one attached hydrogen (secondary N) is 1. The smallest absolute Gasteiger partial charge is 0.264 e. The Morgan fingerprint density at radius 3 is 2.44 bits per heavy atom. The lowest BCUT2D eigenvalue weighted by atomic mass is 10.1. The topological polar surface area (TPSA) is 84.9 Å². The molecule has 8 heteroatoms. The van der Waals surface area contributed by atoms with Crippen LogP contribution in [0.5, 0.6) is 11.5 Å². The predicted octanol–water partition coefficient (Wildman–Crippen LogP) is 4.02. The zero-order chi connectivity index (χ0) is 22.9. The maximum absolute atomic E-state index is 13.3. The number of benzene rings is 3. The SMILES string of the molecule is COc1cc(C)c(NC(=O)c2cccc(S(=O)(=O)N3CCc4ccccc43)c2)cc1OC. The summed E-state index contributed by atoms with van der Waals surface area (Å²) in [6.07, 6.45) is 0.661. The first kappa shape index (κ1) is 21.7. The van der Waals surface area contributed by atoms with Gasteiger partial charge in [-0.15, -0.1) is 0 Å². The molecule has 0 fully saturated rings. The van der Waals surface area contributed by atoms with E-state index in [1.807, 2.05) is 25.1 Å². The van der Waals surface area contributed by atoms with Crippen molar-refractivity contribution in [2.75, 3.05) is 30.4 Å². The van der Waals surface area contributed by atoms with Crippen molar-refractivity contribution < 1.29 is 22.7 Å². The van der Waals surface area contributed by atoms with E-state index in [0.29, 0.717) is 35.8 Å². The minimum atomic E-state index is -3.79. The number of nitrogens with zero attached hydrogens (tertiary/aromatic N) is 1. The Morgan fingerprint density at radius 2 is 1.69 bits per heavy atom. The first-order chi connectivity index (χ1) is 15.3. The molecule has 3 aromatic carbocycles. The molecule has 1 aliphatic heterocycles. The van der Waals surface area contributed by atoms with Gasteiger partial charge in [0.25, 0.3) is 15.9 Å².